The third-order valence-electron chi connectivity index (χ3n) is 3.91. The van der Waals surface area contributed by atoms with E-state index in [9.17, 15) is 5.11 Å². The molecular formula is C20H29NO4Si. The molecule has 6 heteroatoms. The minimum atomic E-state index is -1.11. The molecule has 0 aliphatic carbocycles. The van der Waals surface area contributed by atoms with Gasteiger partial charge in [-0.3, -0.25) is 4.98 Å². The second-order valence-electron chi connectivity index (χ2n) is 7.30. The number of ether oxygens (including phenoxy) is 3. The van der Waals surface area contributed by atoms with E-state index >= 15 is 0 Å². The first-order valence-electron chi connectivity index (χ1n) is 8.96. The van der Waals surface area contributed by atoms with Crippen LogP contribution >= 0.6 is 0 Å². The van der Waals surface area contributed by atoms with Gasteiger partial charge in [0.05, 0.1) is 12.8 Å². The Morgan fingerprint density at radius 1 is 1.08 bits per heavy atom. The summed E-state index contributed by atoms with van der Waals surface area (Å²) in [5, 5.41) is 10.7. The van der Waals surface area contributed by atoms with Gasteiger partial charge in [0.1, 0.15) is 17.6 Å². The number of nitrogens with zero attached hydrogens (tertiary/aromatic N) is 1. The molecule has 5 nitrogen and oxygen atoms in total. The number of aromatic nitrogens is 1. The van der Waals surface area contributed by atoms with Gasteiger partial charge in [0, 0.05) is 26.4 Å². The third-order valence-corrected chi connectivity index (χ3v) is 5.62. The van der Waals surface area contributed by atoms with E-state index in [1.54, 1.807) is 18.5 Å². The van der Waals surface area contributed by atoms with E-state index in [-0.39, 0.29) is 6.79 Å². The molecule has 1 aromatic heterocycles. The van der Waals surface area contributed by atoms with Crippen molar-refractivity contribution in [2.75, 3.05) is 20.0 Å². The topological polar surface area (TPSA) is 60.8 Å². The molecular weight excluding hydrogens is 346 g/mol. The van der Waals surface area contributed by atoms with Gasteiger partial charge in [-0.05, 0) is 36.7 Å². The lowest BCUT2D eigenvalue weighted by Crippen LogP contribution is -2.22. The molecule has 0 amide bonds. The lowest BCUT2D eigenvalue weighted by molar-refractivity contribution is 0.0201. The van der Waals surface area contributed by atoms with Crippen LogP contribution in [-0.4, -0.2) is 38.2 Å². The van der Waals surface area contributed by atoms with Crippen molar-refractivity contribution in [2.24, 2.45) is 0 Å². The van der Waals surface area contributed by atoms with Crippen LogP contribution < -0.4 is 9.47 Å². The molecule has 0 aliphatic heterocycles. The fraction of sp³-hybridized carbons (Fsp3) is 0.450. The summed E-state index contributed by atoms with van der Waals surface area (Å²) < 4.78 is 16.7. The highest BCUT2D eigenvalue weighted by molar-refractivity contribution is 6.76. The van der Waals surface area contributed by atoms with Crippen LogP contribution in [0.25, 0.3) is 0 Å². The summed E-state index contributed by atoms with van der Waals surface area (Å²) in [4.78, 5) is 4.09. The number of hydrogen-bond donors (Lipinski definition) is 1. The van der Waals surface area contributed by atoms with Crippen molar-refractivity contribution in [3.8, 4) is 11.5 Å². The van der Waals surface area contributed by atoms with Gasteiger partial charge < -0.3 is 19.3 Å². The molecule has 0 spiro atoms. The van der Waals surface area contributed by atoms with Crippen LogP contribution in [-0.2, 0) is 4.74 Å². The summed E-state index contributed by atoms with van der Waals surface area (Å²) in [6.07, 6.45) is 2.45. The van der Waals surface area contributed by atoms with Crippen LogP contribution in [0.4, 0.5) is 0 Å². The van der Waals surface area contributed by atoms with E-state index in [0.717, 1.165) is 17.4 Å². The molecule has 0 saturated carbocycles. The molecule has 26 heavy (non-hydrogen) atoms. The van der Waals surface area contributed by atoms with Gasteiger partial charge in [0.2, 0.25) is 0 Å². The van der Waals surface area contributed by atoms with Gasteiger partial charge in [0.25, 0.3) is 0 Å². The summed E-state index contributed by atoms with van der Waals surface area (Å²) >= 11 is 0. The summed E-state index contributed by atoms with van der Waals surface area (Å²) in [5.41, 5.74) is 1.43. The zero-order chi connectivity index (χ0) is 19.0. The zero-order valence-corrected chi connectivity index (χ0v) is 17.1. The highest BCUT2D eigenvalue weighted by Gasteiger charge is 2.16. The van der Waals surface area contributed by atoms with Gasteiger partial charge >= 0.3 is 0 Å². The Labute approximate surface area is 157 Å². The summed E-state index contributed by atoms with van der Waals surface area (Å²) in [5.74, 6) is 1.31. The molecule has 1 heterocycles. The Morgan fingerprint density at radius 3 is 2.46 bits per heavy atom. The van der Waals surface area contributed by atoms with Crippen LogP contribution in [0.3, 0.4) is 0 Å². The number of hydrogen-bond acceptors (Lipinski definition) is 5. The summed E-state index contributed by atoms with van der Waals surface area (Å²) in [7, 11) is -1.11. The fourth-order valence-corrected chi connectivity index (χ4v) is 3.13. The number of pyridine rings is 1. The van der Waals surface area contributed by atoms with Crippen molar-refractivity contribution in [1.29, 1.82) is 0 Å². The fourth-order valence-electron chi connectivity index (χ4n) is 2.37. The Kier molecular flexibility index (Phi) is 7.62. The molecule has 1 N–H and O–H groups in total. The Morgan fingerprint density at radius 2 is 1.81 bits per heavy atom. The quantitative estimate of drug-likeness (QED) is 0.382. The molecule has 0 saturated heterocycles. The van der Waals surface area contributed by atoms with Gasteiger partial charge in [-0.25, -0.2) is 0 Å². The van der Waals surface area contributed by atoms with E-state index in [1.807, 2.05) is 31.2 Å². The van der Waals surface area contributed by atoms with Crippen molar-refractivity contribution in [3.05, 3.63) is 53.9 Å². The molecule has 1 unspecified atom stereocenters. The minimum absolute atomic E-state index is 0.152. The Hall–Kier alpha value is -1.89. The van der Waals surface area contributed by atoms with Gasteiger partial charge in [-0.15, -0.1) is 0 Å². The molecule has 0 bridgehead atoms. The van der Waals surface area contributed by atoms with Crippen LogP contribution in [0.2, 0.25) is 25.7 Å². The van der Waals surface area contributed by atoms with Crippen LogP contribution in [0.1, 0.15) is 24.2 Å². The zero-order valence-electron chi connectivity index (χ0n) is 16.1. The van der Waals surface area contributed by atoms with Crippen LogP contribution in [0, 0.1) is 0 Å². The molecule has 0 aliphatic rings. The van der Waals surface area contributed by atoms with Gasteiger partial charge in [-0.1, -0.05) is 31.8 Å². The van der Waals surface area contributed by atoms with E-state index in [4.69, 9.17) is 14.2 Å². The minimum Gasteiger partial charge on any atom is -0.494 e. The standard InChI is InChI=1S/C20H29NO4Si/c1-5-24-17-8-6-16(7-9-17)20(22)18-10-11-21-14-19(18)25-15-23-12-13-26(2,3)4/h6-11,14,20,22H,5,12-13,15H2,1-4H3. The van der Waals surface area contributed by atoms with Crippen molar-refractivity contribution < 1.29 is 19.3 Å². The van der Waals surface area contributed by atoms with E-state index in [0.29, 0.717) is 24.5 Å². The first kappa shape index (κ1) is 20.4. The van der Waals surface area contributed by atoms with Crippen molar-refractivity contribution in [1.82, 2.24) is 4.98 Å². The highest BCUT2D eigenvalue weighted by atomic mass is 28.3. The molecule has 2 rings (SSSR count). The van der Waals surface area contributed by atoms with Crippen molar-refractivity contribution in [2.45, 2.75) is 38.7 Å². The lowest BCUT2D eigenvalue weighted by atomic mass is 10.0. The van der Waals surface area contributed by atoms with E-state index in [2.05, 4.69) is 24.6 Å². The maximum atomic E-state index is 10.7. The second kappa shape index (κ2) is 9.71. The van der Waals surface area contributed by atoms with Crippen LogP contribution in [0.5, 0.6) is 11.5 Å². The number of aliphatic hydroxyl groups excluding tert-OH is 1. The second-order valence-corrected chi connectivity index (χ2v) is 12.9. The molecule has 0 radical (unpaired) electrons. The molecule has 1 atom stereocenters. The maximum Gasteiger partial charge on any atom is 0.189 e. The number of aliphatic hydroxyl groups is 1. The number of benzene rings is 1. The van der Waals surface area contributed by atoms with Crippen LogP contribution in [0.15, 0.2) is 42.7 Å². The average molecular weight is 376 g/mol. The Bertz CT molecular complexity index is 670. The normalized spacial score (nSPS) is 12.7. The van der Waals surface area contributed by atoms with Crippen molar-refractivity contribution >= 4 is 8.07 Å². The third kappa shape index (κ3) is 6.44. The first-order chi connectivity index (χ1) is 12.4. The molecule has 142 valence electrons. The van der Waals surface area contributed by atoms with E-state index in [1.165, 1.54) is 0 Å². The van der Waals surface area contributed by atoms with Crippen molar-refractivity contribution in [3.63, 3.8) is 0 Å². The summed E-state index contributed by atoms with van der Waals surface area (Å²) in [6, 6.07) is 10.3. The van der Waals surface area contributed by atoms with E-state index < -0.39 is 14.2 Å². The lowest BCUT2D eigenvalue weighted by Gasteiger charge is -2.18. The molecule has 1 aromatic carbocycles. The maximum absolute atomic E-state index is 10.7. The molecule has 2 aromatic rings. The number of rotatable bonds is 10. The molecule has 0 fully saturated rings. The predicted molar refractivity (Wildman–Crippen MR) is 106 cm³/mol. The highest BCUT2D eigenvalue weighted by Crippen LogP contribution is 2.30. The average Bonchev–Trinajstić information content (AvgIpc) is 2.61. The predicted octanol–water partition coefficient (Wildman–Crippen LogP) is 4.25. The first-order valence-corrected chi connectivity index (χ1v) is 12.7. The largest absolute Gasteiger partial charge is 0.494 e. The SMILES string of the molecule is CCOc1ccc(C(O)c2ccncc2OCOCC[Si](C)(C)C)cc1. The monoisotopic (exact) mass is 375 g/mol. The summed E-state index contributed by atoms with van der Waals surface area (Å²) in [6.45, 7) is 10.3. The van der Waals surface area contributed by atoms with Gasteiger partial charge in [-0.2, -0.15) is 0 Å². The van der Waals surface area contributed by atoms with Gasteiger partial charge in [0.15, 0.2) is 6.79 Å². The smallest absolute Gasteiger partial charge is 0.189 e. The Balaban J connectivity index is 1.98.